The zero-order valence-corrected chi connectivity index (χ0v) is 21.1. The Hall–Kier alpha value is -3.57. The average molecular weight is 505 g/mol. The average Bonchev–Trinajstić information content (AvgIpc) is 2.90. The largest absolute Gasteiger partial charge is 0.493 e. The number of ether oxygens (including phenoxy) is 9. The van der Waals surface area contributed by atoms with Crippen LogP contribution in [-0.2, 0) is 23.7 Å². The predicted molar refractivity (Wildman–Crippen MR) is 133 cm³/mol. The van der Waals surface area contributed by atoms with Crippen LogP contribution in [-0.4, -0.2) is 68.5 Å². The van der Waals surface area contributed by atoms with Crippen molar-refractivity contribution < 1.29 is 47.4 Å². The summed E-state index contributed by atoms with van der Waals surface area (Å²) in [5.41, 5.74) is 1.41. The van der Waals surface area contributed by atoms with Gasteiger partial charge in [0.1, 0.15) is 0 Å². The number of rotatable bonds is 17. The van der Waals surface area contributed by atoms with E-state index in [2.05, 4.69) is 0 Å². The van der Waals surface area contributed by atoms with Crippen molar-refractivity contribution in [3.05, 3.63) is 53.6 Å². The van der Waals surface area contributed by atoms with Crippen LogP contribution in [0.15, 0.2) is 42.5 Å². The summed E-state index contributed by atoms with van der Waals surface area (Å²) < 4.78 is 47.5. The quantitative estimate of drug-likeness (QED) is 0.233. The Morgan fingerprint density at radius 1 is 0.611 bits per heavy atom. The van der Waals surface area contributed by atoms with Gasteiger partial charge in [0.25, 0.3) is 0 Å². The maximum Gasteiger partial charge on any atom is 0.206 e. The summed E-state index contributed by atoms with van der Waals surface area (Å²) in [6.07, 6.45) is 6.18. The van der Waals surface area contributed by atoms with Crippen LogP contribution in [0.25, 0.3) is 12.2 Å². The molecule has 0 saturated heterocycles. The number of carbonyl (C=O) groups is 1. The van der Waals surface area contributed by atoms with Crippen LogP contribution in [0.3, 0.4) is 0 Å². The fourth-order valence-electron chi connectivity index (χ4n) is 2.85. The number of methoxy groups -OCH3 is 5. The number of ketones is 1. The van der Waals surface area contributed by atoms with Crippen molar-refractivity contribution in [1.29, 1.82) is 0 Å². The second-order valence-electron chi connectivity index (χ2n) is 7.03. The summed E-state index contributed by atoms with van der Waals surface area (Å²) in [6, 6.07) is 8.68. The SMILES string of the molecule is COCOc1ccc(/C=C/C(=O)/C=C/c2cc(OC)c(OCOC)c(OCOC)c2)cc1OCOC. The van der Waals surface area contributed by atoms with E-state index in [-0.39, 0.29) is 33.0 Å². The van der Waals surface area contributed by atoms with Crippen LogP contribution in [0.4, 0.5) is 0 Å². The second-order valence-corrected chi connectivity index (χ2v) is 7.03. The fraction of sp³-hybridized carbons (Fsp3) is 0.346. The molecule has 0 amide bonds. The molecule has 0 N–H and O–H groups in total. The highest BCUT2D eigenvalue weighted by Gasteiger charge is 2.14. The normalized spacial score (nSPS) is 11.1. The molecule has 0 heterocycles. The Bertz CT molecular complexity index is 1020. The molecule has 0 fully saturated rings. The zero-order chi connectivity index (χ0) is 26.2. The van der Waals surface area contributed by atoms with E-state index in [1.807, 2.05) is 0 Å². The van der Waals surface area contributed by atoms with E-state index in [1.54, 1.807) is 42.5 Å². The van der Waals surface area contributed by atoms with Crippen LogP contribution in [0.1, 0.15) is 11.1 Å². The number of allylic oxidation sites excluding steroid dienone is 2. The van der Waals surface area contributed by atoms with Gasteiger partial charge in [0.2, 0.25) is 5.75 Å². The van der Waals surface area contributed by atoms with Gasteiger partial charge in [0, 0.05) is 28.4 Å². The smallest absolute Gasteiger partial charge is 0.206 e. The van der Waals surface area contributed by atoms with Crippen molar-refractivity contribution in [3.63, 3.8) is 0 Å². The molecule has 0 aromatic heterocycles. The molecule has 0 unspecified atom stereocenters. The van der Waals surface area contributed by atoms with Crippen molar-refractivity contribution in [1.82, 2.24) is 0 Å². The summed E-state index contributed by atoms with van der Waals surface area (Å²) in [5.74, 6) is 1.90. The first-order chi connectivity index (χ1) is 17.6. The zero-order valence-electron chi connectivity index (χ0n) is 21.1. The highest BCUT2D eigenvalue weighted by molar-refractivity contribution is 6.04. The number of hydrogen-bond acceptors (Lipinski definition) is 10. The summed E-state index contributed by atoms with van der Waals surface area (Å²) in [4.78, 5) is 12.5. The minimum atomic E-state index is -0.230. The van der Waals surface area contributed by atoms with Crippen molar-refractivity contribution in [2.75, 3.05) is 62.7 Å². The van der Waals surface area contributed by atoms with E-state index in [1.165, 1.54) is 47.7 Å². The molecule has 2 aromatic rings. The summed E-state index contributed by atoms with van der Waals surface area (Å²) in [5, 5.41) is 0. The molecule has 36 heavy (non-hydrogen) atoms. The van der Waals surface area contributed by atoms with Gasteiger partial charge in [-0.1, -0.05) is 18.2 Å². The van der Waals surface area contributed by atoms with Gasteiger partial charge in [-0.05, 0) is 47.5 Å². The van der Waals surface area contributed by atoms with E-state index in [9.17, 15) is 4.79 Å². The van der Waals surface area contributed by atoms with E-state index in [4.69, 9.17) is 42.6 Å². The summed E-state index contributed by atoms with van der Waals surface area (Å²) in [6.45, 7) is 0.139. The third-order valence-electron chi connectivity index (χ3n) is 4.43. The lowest BCUT2D eigenvalue weighted by Crippen LogP contribution is -2.06. The molecule has 0 bridgehead atoms. The Morgan fingerprint density at radius 3 is 1.72 bits per heavy atom. The molecular formula is C26H32O10. The predicted octanol–water partition coefficient (Wildman–Crippen LogP) is 3.92. The molecule has 2 aromatic carbocycles. The molecule has 10 heteroatoms. The van der Waals surface area contributed by atoms with Gasteiger partial charge in [-0.2, -0.15) is 0 Å². The van der Waals surface area contributed by atoms with Crippen molar-refractivity contribution >= 4 is 17.9 Å². The molecule has 0 aliphatic carbocycles. The molecule has 0 saturated carbocycles. The lowest BCUT2D eigenvalue weighted by Gasteiger charge is -2.16. The van der Waals surface area contributed by atoms with Crippen molar-refractivity contribution in [2.45, 2.75) is 0 Å². The van der Waals surface area contributed by atoms with Gasteiger partial charge in [-0.15, -0.1) is 0 Å². The Kier molecular flexibility index (Phi) is 12.9. The Labute approximate surface area is 210 Å². The van der Waals surface area contributed by atoms with Gasteiger partial charge in [0.05, 0.1) is 7.11 Å². The van der Waals surface area contributed by atoms with Gasteiger partial charge in [0.15, 0.2) is 56.0 Å². The number of hydrogen-bond donors (Lipinski definition) is 0. The molecule has 196 valence electrons. The number of benzene rings is 2. The maximum absolute atomic E-state index is 12.5. The third kappa shape index (κ3) is 9.23. The van der Waals surface area contributed by atoms with Crippen LogP contribution < -0.4 is 23.7 Å². The molecular weight excluding hydrogens is 472 g/mol. The molecule has 0 spiro atoms. The second kappa shape index (κ2) is 16.2. The summed E-state index contributed by atoms with van der Waals surface area (Å²) in [7, 11) is 7.57. The highest BCUT2D eigenvalue weighted by Crippen LogP contribution is 2.39. The fourth-order valence-corrected chi connectivity index (χ4v) is 2.85. The minimum absolute atomic E-state index is 0.00666. The first-order valence-electron chi connectivity index (χ1n) is 10.8. The molecule has 0 radical (unpaired) electrons. The van der Waals surface area contributed by atoms with Gasteiger partial charge in [-0.25, -0.2) is 0 Å². The van der Waals surface area contributed by atoms with Crippen molar-refractivity contribution in [3.8, 4) is 28.7 Å². The molecule has 10 nitrogen and oxygen atoms in total. The molecule has 0 aliphatic heterocycles. The van der Waals surface area contributed by atoms with Gasteiger partial charge >= 0.3 is 0 Å². The molecule has 2 rings (SSSR count). The van der Waals surface area contributed by atoms with E-state index in [0.29, 0.717) is 34.3 Å². The third-order valence-corrected chi connectivity index (χ3v) is 4.43. The minimum Gasteiger partial charge on any atom is -0.493 e. The topological polar surface area (TPSA) is 100 Å². The molecule has 0 aliphatic rings. The Morgan fingerprint density at radius 2 is 1.11 bits per heavy atom. The van der Waals surface area contributed by atoms with E-state index >= 15 is 0 Å². The molecule has 0 atom stereocenters. The maximum atomic E-state index is 12.5. The standard InChI is InChI=1S/C26H32O10/c1-28-15-33-22-11-8-19(12-23(22)34-16-29-2)6-9-21(27)10-7-20-13-24(32-5)26(36-18-31-4)25(14-20)35-17-30-3/h6-14H,15-18H2,1-5H3/b9-6+,10-7+. The first-order valence-corrected chi connectivity index (χ1v) is 10.8. The monoisotopic (exact) mass is 504 g/mol. The lowest BCUT2D eigenvalue weighted by atomic mass is 10.1. The summed E-state index contributed by atoms with van der Waals surface area (Å²) >= 11 is 0. The van der Waals surface area contributed by atoms with Crippen LogP contribution in [0.5, 0.6) is 28.7 Å². The van der Waals surface area contributed by atoms with Crippen LogP contribution >= 0.6 is 0 Å². The van der Waals surface area contributed by atoms with Gasteiger partial charge in [-0.3, -0.25) is 4.79 Å². The van der Waals surface area contributed by atoms with Crippen LogP contribution in [0, 0.1) is 0 Å². The van der Waals surface area contributed by atoms with E-state index < -0.39 is 0 Å². The van der Waals surface area contributed by atoms with E-state index in [0.717, 1.165) is 5.56 Å². The first kappa shape index (κ1) is 28.7. The van der Waals surface area contributed by atoms with Crippen LogP contribution in [0.2, 0.25) is 0 Å². The Balaban J connectivity index is 2.18. The lowest BCUT2D eigenvalue weighted by molar-refractivity contribution is -0.110. The highest BCUT2D eigenvalue weighted by atomic mass is 16.7. The van der Waals surface area contributed by atoms with Crippen molar-refractivity contribution in [2.24, 2.45) is 0 Å². The number of carbonyl (C=O) groups excluding carboxylic acids is 1. The van der Waals surface area contributed by atoms with Gasteiger partial charge < -0.3 is 42.6 Å².